The molecule has 17 heavy (non-hydrogen) atoms. The predicted molar refractivity (Wildman–Crippen MR) is 60.6 cm³/mol. The Kier molecular flexibility index (Phi) is 3.03. The average Bonchev–Trinajstić information content (AvgIpc) is 2.76. The van der Waals surface area contributed by atoms with E-state index in [1.165, 1.54) is 13.4 Å². The third-order valence-electron chi connectivity index (χ3n) is 2.80. The van der Waals surface area contributed by atoms with E-state index < -0.39 is 0 Å². The lowest BCUT2D eigenvalue weighted by atomic mass is 10.1. The Hall–Kier alpha value is -1.98. The van der Waals surface area contributed by atoms with Gasteiger partial charge in [-0.1, -0.05) is 0 Å². The van der Waals surface area contributed by atoms with E-state index in [-0.39, 0.29) is 5.97 Å². The molecule has 90 valence electrons. The number of ether oxygens (including phenoxy) is 1. The number of aromatic nitrogens is 4. The fraction of sp³-hybridized carbons (Fsp3) is 0.455. The summed E-state index contributed by atoms with van der Waals surface area (Å²) in [6.07, 6.45) is 2.42. The summed E-state index contributed by atoms with van der Waals surface area (Å²) in [5, 5.41) is 4.09. The van der Waals surface area contributed by atoms with Gasteiger partial charge in [0, 0.05) is 17.8 Å². The first kappa shape index (κ1) is 11.5. The summed E-state index contributed by atoms with van der Waals surface area (Å²) in [6, 6.07) is 0. The number of carbonyl (C=O) groups excluding carboxylic acids is 1. The molecule has 0 fully saturated rings. The zero-order valence-electron chi connectivity index (χ0n) is 10.1. The van der Waals surface area contributed by atoms with Gasteiger partial charge in [0.1, 0.15) is 6.33 Å². The summed E-state index contributed by atoms with van der Waals surface area (Å²) in [6.45, 7) is 3.86. The molecule has 0 aliphatic heterocycles. The molecule has 0 bridgehead atoms. The fourth-order valence-electron chi connectivity index (χ4n) is 1.85. The zero-order valence-corrected chi connectivity index (χ0v) is 10.1. The van der Waals surface area contributed by atoms with E-state index in [0.29, 0.717) is 18.6 Å². The van der Waals surface area contributed by atoms with Gasteiger partial charge < -0.3 is 4.74 Å². The highest BCUT2D eigenvalue weighted by Gasteiger charge is 2.12. The Morgan fingerprint density at radius 2 is 2.24 bits per heavy atom. The van der Waals surface area contributed by atoms with Crippen molar-refractivity contribution in [3.63, 3.8) is 0 Å². The first-order valence-electron chi connectivity index (χ1n) is 5.36. The van der Waals surface area contributed by atoms with Crippen molar-refractivity contribution in [2.24, 2.45) is 0 Å². The summed E-state index contributed by atoms with van der Waals surface area (Å²) in [7, 11) is 1.39. The normalized spacial score (nSPS) is 10.8. The van der Waals surface area contributed by atoms with Gasteiger partial charge in [0.25, 0.3) is 5.78 Å². The second-order valence-corrected chi connectivity index (χ2v) is 3.81. The van der Waals surface area contributed by atoms with Crippen LogP contribution in [0.3, 0.4) is 0 Å². The molecule has 6 heteroatoms. The molecule has 0 saturated heterocycles. The highest BCUT2D eigenvalue weighted by molar-refractivity contribution is 5.69. The van der Waals surface area contributed by atoms with Crippen molar-refractivity contribution in [1.82, 2.24) is 19.6 Å². The first-order chi connectivity index (χ1) is 8.13. The van der Waals surface area contributed by atoms with Gasteiger partial charge >= 0.3 is 5.97 Å². The second kappa shape index (κ2) is 4.48. The molecule has 0 radical (unpaired) electrons. The molecule has 6 nitrogen and oxygen atoms in total. The lowest BCUT2D eigenvalue weighted by molar-refractivity contribution is -0.140. The maximum absolute atomic E-state index is 11.1. The third kappa shape index (κ3) is 2.11. The van der Waals surface area contributed by atoms with Gasteiger partial charge in [0.15, 0.2) is 0 Å². The lowest BCUT2D eigenvalue weighted by Crippen LogP contribution is -2.09. The largest absolute Gasteiger partial charge is 0.469 e. The number of aryl methyl sites for hydroxylation is 2. The van der Waals surface area contributed by atoms with Crippen molar-refractivity contribution in [2.75, 3.05) is 7.11 Å². The molecule has 2 aromatic heterocycles. The summed E-state index contributed by atoms with van der Waals surface area (Å²) < 4.78 is 6.31. The number of hydrogen-bond acceptors (Lipinski definition) is 5. The molecular formula is C11H14N4O2. The van der Waals surface area contributed by atoms with Crippen molar-refractivity contribution in [2.45, 2.75) is 26.7 Å². The highest BCUT2D eigenvalue weighted by atomic mass is 16.5. The zero-order chi connectivity index (χ0) is 12.4. The number of carbonyl (C=O) groups is 1. The molecule has 0 spiro atoms. The van der Waals surface area contributed by atoms with Gasteiger partial charge in [0.05, 0.1) is 7.11 Å². The van der Waals surface area contributed by atoms with Crippen LogP contribution in [0.5, 0.6) is 0 Å². The van der Waals surface area contributed by atoms with Crippen molar-refractivity contribution in [1.29, 1.82) is 0 Å². The number of fused-ring (bicyclic) bond motifs is 1. The van der Waals surface area contributed by atoms with E-state index in [9.17, 15) is 4.79 Å². The lowest BCUT2D eigenvalue weighted by Gasteiger charge is -2.09. The Bertz CT molecular complexity index is 562. The Morgan fingerprint density at radius 3 is 2.94 bits per heavy atom. The van der Waals surface area contributed by atoms with Crippen molar-refractivity contribution in [3.05, 3.63) is 23.3 Å². The van der Waals surface area contributed by atoms with Crippen molar-refractivity contribution < 1.29 is 9.53 Å². The Labute approximate surface area is 98.6 Å². The van der Waals surface area contributed by atoms with Crippen LogP contribution in [0.15, 0.2) is 6.33 Å². The van der Waals surface area contributed by atoms with E-state index in [4.69, 9.17) is 0 Å². The molecule has 2 rings (SSSR count). The Morgan fingerprint density at radius 1 is 1.47 bits per heavy atom. The van der Waals surface area contributed by atoms with Crippen LogP contribution in [0, 0.1) is 13.8 Å². The summed E-state index contributed by atoms with van der Waals surface area (Å²) in [5.74, 6) is 0.365. The number of hydrogen-bond donors (Lipinski definition) is 0. The summed E-state index contributed by atoms with van der Waals surface area (Å²) in [5.41, 5.74) is 2.87. The van der Waals surface area contributed by atoms with Gasteiger partial charge in [-0.3, -0.25) is 4.79 Å². The van der Waals surface area contributed by atoms with Crippen LogP contribution in [0.1, 0.15) is 23.4 Å². The molecule has 0 aromatic carbocycles. The van der Waals surface area contributed by atoms with Crippen LogP contribution in [-0.2, 0) is 16.0 Å². The number of nitrogens with zero attached hydrogens (tertiary/aromatic N) is 4. The average molecular weight is 234 g/mol. The molecule has 2 heterocycles. The van der Waals surface area contributed by atoms with Crippen LogP contribution in [0.2, 0.25) is 0 Å². The molecule has 2 aromatic rings. The molecule has 0 saturated carbocycles. The van der Waals surface area contributed by atoms with Crippen LogP contribution >= 0.6 is 0 Å². The van der Waals surface area contributed by atoms with E-state index >= 15 is 0 Å². The Balaban J connectivity index is 2.35. The second-order valence-electron chi connectivity index (χ2n) is 3.81. The summed E-state index contributed by atoms with van der Waals surface area (Å²) in [4.78, 5) is 19.5. The first-order valence-corrected chi connectivity index (χ1v) is 5.36. The molecule has 0 atom stereocenters. The SMILES string of the molecule is COC(=O)CCc1c(C)nc2ncnn2c1C. The van der Waals surface area contributed by atoms with Gasteiger partial charge in [-0.25, -0.2) is 9.50 Å². The quantitative estimate of drug-likeness (QED) is 0.736. The predicted octanol–water partition coefficient (Wildman–Crippen LogP) is 0.847. The monoisotopic (exact) mass is 234 g/mol. The third-order valence-corrected chi connectivity index (χ3v) is 2.80. The topological polar surface area (TPSA) is 69.4 Å². The molecule has 0 amide bonds. The minimum Gasteiger partial charge on any atom is -0.469 e. The van der Waals surface area contributed by atoms with Crippen LogP contribution < -0.4 is 0 Å². The number of methoxy groups -OCH3 is 1. The van der Waals surface area contributed by atoms with Gasteiger partial charge in [-0.15, -0.1) is 0 Å². The number of rotatable bonds is 3. The van der Waals surface area contributed by atoms with Gasteiger partial charge in [-0.05, 0) is 25.8 Å². The highest BCUT2D eigenvalue weighted by Crippen LogP contribution is 2.14. The molecule has 0 unspecified atom stereocenters. The molecule has 0 N–H and O–H groups in total. The minimum absolute atomic E-state index is 0.220. The molecular weight excluding hydrogens is 220 g/mol. The van der Waals surface area contributed by atoms with Crippen LogP contribution in [0.4, 0.5) is 0 Å². The van der Waals surface area contributed by atoms with E-state index in [1.54, 1.807) is 4.52 Å². The van der Waals surface area contributed by atoms with Crippen molar-refractivity contribution in [3.8, 4) is 0 Å². The van der Waals surface area contributed by atoms with Crippen LogP contribution in [0.25, 0.3) is 5.78 Å². The fourth-order valence-corrected chi connectivity index (χ4v) is 1.85. The number of esters is 1. The standard InChI is InChI=1S/C11H14N4O2/c1-7-9(4-5-10(16)17-3)8(2)15-11(14-7)12-6-13-15/h6H,4-5H2,1-3H3. The van der Waals surface area contributed by atoms with Gasteiger partial charge in [0.2, 0.25) is 0 Å². The van der Waals surface area contributed by atoms with E-state index in [0.717, 1.165) is 17.0 Å². The smallest absolute Gasteiger partial charge is 0.305 e. The van der Waals surface area contributed by atoms with E-state index in [1.807, 2.05) is 13.8 Å². The molecule has 0 aliphatic rings. The maximum Gasteiger partial charge on any atom is 0.305 e. The van der Waals surface area contributed by atoms with Crippen LogP contribution in [-0.4, -0.2) is 32.7 Å². The summed E-state index contributed by atoms with van der Waals surface area (Å²) >= 11 is 0. The maximum atomic E-state index is 11.1. The van der Waals surface area contributed by atoms with E-state index in [2.05, 4.69) is 19.8 Å². The van der Waals surface area contributed by atoms with Gasteiger partial charge in [-0.2, -0.15) is 10.1 Å². The molecule has 0 aliphatic carbocycles. The minimum atomic E-state index is -0.220. The van der Waals surface area contributed by atoms with Crippen molar-refractivity contribution >= 4 is 11.7 Å².